The number of piperazine rings is 1. The number of nitrogens with zero attached hydrogens (tertiary/aromatic N) is 3. The van der Waals surface area contributed by atoms with Gasteiger partial charge in [0.2, 0.25) is 0 Å². The van der Waals surface area contributed by atoms with Gasteiger partial charge in [-0.15, -0.1) is 0 Å². The first-order chi connectivity index (χ1) is 14.5. The molecule has 0 saturated carbocycles. The van der Waals surface area contributed by atoms with Gasteiger partial charge in [0.25, 0.3) is 5.91 Å². The fraction of sp³-hybridized carbons (Fsp3) is 0.391. The zero-order chi connectivity index (χ0) is 22.4. The number of carbonyl (C=O) groups is 1. The van der Waals surface area contributed by atoms with Crippen LogP contribution in [0.5, 0.6) is 0 Å². The molecule has 0 aliphatic carbocycles. The van der Waals surface area contributed by atoms with Crippen LogP contribution in [0.2, 0.25) is 0 Å². The number of hydrogen-bond donors (Lipinski definition) is 0. The van der Waals surface area contributed by atoms with E-state index in [1.54, 1.807) is 18.2 Å². The van der Waals surface area contributed by atoms with Crippen LogP contribution in [0.3, 0.4) is 0 Å². The van der Waals surface area contributed by atoms with E-state index in [9.17, 15) is 13.2 Å². The van der Waals surface area contributed by atoms with Crippen molar-refractivity contribution >= 4 is 42.4 Å². The Morgan fingerprint density at radius 3 is 2.23 bits per heavy atom. The van der Waals surface area contributed by atoms with Crippen molar-refractivity contribution < 1.29 is 13.2 Å². The Labute approximate surface area is 187 Å². The van der Waals surface area contributed by atoms with E-state index in [0.717, 1.165) is 20.9 Å². The average molecular weight is 458 g/mol. The van der Waals surface area contributed by atoms with Crippen LogP contribution in [0.15, 0.2) is 47.4 Å². The van der Waals surface area contributed by atoms with Crippen LogP contribution >= 0.6 is 11.3 Å². The third-order valence-corrected chi connectivity index (χ3v) is 7.80. The molecule has 0 bridgehead atoms. The summed E-state index contributed by atoms with van der Waals surface area (Å²) in [7, 11) is -3.24. The second-order valence-corrected chi connectivity index (χ2v) is 12.0. The second-order valence-electron chi connectivity index (χ2n) is 9.00. The van der Waals surface area contributed by atoms with Crippen molar-refractivity contribution in [2.75, 3.05) is 37.3 Å². The summed E-state index contributed by atoms with van der Waals surface area (Å²) in [5, 5.41) is 0.863. The fourth-order valence-corrected chi connectivity index (χ4v) is 5.43. The Morgan fingerprint density at radius 2 is 1.65 bits per heavy atom. The maximum atomic E-state index is 12.9. The van der Waals surface area contributed by atoms with E-state index < -0.39 is 9.84 Å². The Kier molecular flexibility index (Phi) is 5.55. The zero-order valence-corrected chi connectivity index (χ0v) is 19.9. The molecule has 1 fully saturated rings. The Hall–Kier alpha value is -2.45. The second kappa shape index (κ2) is 7.91. The normalized spacial score (nSPS) is 15.5. The molecule has 0 unspecified atom stereocenters. The van der Waals surface area contributed by atoms with Crippen molar-refractivity contribution in [1.82, 2.24) is 9.88 Å². The molecular formula is C23H27N3O3S2. The largest absolute Gasteiger partial charge is 0.345 e. The number of fused-ring (bicyclic) bond motifs is 1. The SMILES string of the molecule is CC(C)(C)c1ccc(C(=O)N2CCN(c3nc4ccc(S(C)(=O)=O)cc4s3)CC2)cc1. The number of carbonyl (C=O) groups excluding carboxylic acids is 1. The summed E-state index contributed by atoms with van der Waals surface area (Å²) in [6, 6.07) is 13.0. The molecule has 8 heteroatoms. The minimum atomic E-state index is -3.24. The van der Waals surface area contributed by atoms with Crippen LogP contribution < -0.4 is 4.90 Å². The van der Waals surface area contributed by atoms with E-state index in [1.165, 1.54) is 23.2 Å². The predicted octanol–water partition coefficient (Wildman–Crippen LogP) is 3.96. The van der Waals surface area contributed by atoms with E-state index >= 15 is 0 Å². The Bertz CT molecular complexity index is 1220. The molecule has 6 nitrogen and oxygen atoms in total. The third-order valence-electron chi connectivity index (χ3n) is 5.61. The highest BCUT2D eigenvalue weighted by Gasteiger charge is 2.24. The molecule has 1 aliphatic rings. The van der Waals surface area contributed by atoms with Crippen LogP contribution in [-0.2, 0) is 15.3 Å². The third kappa shape index (κ3) is 4.60. The number of sulfone groups is 1. The van der Waals surface area contributed by atoms with Gasteiger partial charge in [-0.2, -0.15) is 0 Å². The highest BCUT2D eigenvalue weighted by atomic mass is 32.2. The summed E-state index contributed by atoms with van der Waals surface area (Å²) >= 11 is 1.49. The van der Waals surface area contributed by atoms with Crippen LogP contribution in [0.1, 0.15) is 36.7 Å². The van der Waals surface area contributed by atoms with Gasteiger partial charge in [-0.1, -0.05) is 44.2 Å². The summed E-state index contributed by atoms with van der Waals surface area (Å²) < 4.78 is 24.5. The molecule has 2 heterocycles. The van der Waals surface area contributed by atoms with E-state index in [2.05, 4.69) is 30.7 Å². The highest BCUT2D eigenvalue weighted by Crippen LogP contribution is 2.31. The minimum absolute atomic E-state index is 0.0576. The van der Waals surface area contributed by atoms with Crippen LogP contribution in [0.4, 0.5) is 5.13 Å². The quantitative estimate of drug-likeness (QED) is 0.595. The summed E-state index contributed by atoms with van der Waals surface area (Å²) in [6.07, 6.45) is 1.21. The molecular weight excluding hydrogens is 430 g/mol. The predicted molar refractivity (Wildman–Crippen MR) is 126 cm³/mol. The highest BCUT2D eigenvalue weighted by molar-refractivity contribution is 7.90. The molecule has 0 N–H and O–H groups in total. The van der Waals surface area contributed by atoms with Crippen molar-refractivity contribution in [3.05, 3.63) is 53.6 Å². The summed E-state index contributed by atoms with van der Waals surface area (Å²) in [4.78, 5) is 21.9. The van der Waals surface area contributed by atoms with E-state index in [-0.39, 0.29) is 11.3 Å². The van der Waals surface area contributed by atoms with Crippen molar-refractivity contribution in [3.63, 3.8) is 0 Å². The lowest BCUT2D eigenvalue weighted by Crippen LogP contribution is -2.48. The molecule has 0 atom stereocenters. The number of amides is 1. The molecule has 1 aliphatic heterocycles. The van der Waals surface area contributed by atoms with Gasteiger partial charge >= 0.3 is 0 Å². The van der Waals surface area contributed by atoms with Gasteiger partial charge in [0.05, 0.1) is 15.1 Å². The van der Waals surface area contributed by atoms with E-state index in [0.29, 0.717) is 31.1 Å². The Balaban J connectivity index is 1.44. The van der Waals surface area contributed by atoms with Crippen LogP contribution in [0, 0.1) is 0 Å². The first-order valence-corrected chi connectivity index (χ1v) is 13.0. The van der Waals surface area contributed by atoms with Crippen molar-refractivity contribution in [2.24, 2.45) is 0 Å². The molecule has 1 amide bonds. The van der Waals surface area contributed by atoms with Crippen molar-refractivity contribution in [1.29, 1.82) is 0 Å². The van der Waals surface area contributed by atoms with Crippen LogP contribution in [0.25, 0.3) is 10.2 Å². The maximum absolute atomic E-state index is 12.9. The average Bonchev–Trinajstić information content (AvgIpc) is 3.15. The van der Waals surface area contributed by atoms with Gasteiger partial charge in [0, 0.05) is 38.0 Å². The number of benzene rings is 2. The molecule has 1 saturated heterocycles. The molecule has 3 aromatic rings. The molecule has 0 radical (unpaired) electrons. The number of aromatic nitrogens is 1. The minimum Gasteiger partial charge on any atom is -0.345 e. The van der Waals surface area contributed by atoms with Gasteiger partial charge in [-0.25, -0.2) is 13.4 Å². The Morgan fingerprint density at radius 1 is 1.00 bits per heavy atom. The summed E-state index contributed by atoms with van der Waals surface area (Å²) in [5.74, 6) is 0.0576. The van der Waals surface area contributed by atoms with Crippen LogP contribution in [-0.4, -0.2) is 56.6 Å². The number of anilines is 1. The smallest absolute Gasteiger partial charge is 0.253 e. The van der Waals surface area contributed by atoms with E-state index in [1.807, 2.05) is 29.2 Å². The lowest BCUT2D eigenvalue weighted by Gasteiger charge is -2.34. The maximum Gasteiger partial charge on any atom is 0.253 e. The summed E-state index contributed by atoms with van der Waals surface area (Å²) in [5.41, 5.74) is 2.79. The zero-order valence-electron chi connectivity index (χ0n) is 18.3. The van der Waals surface area contributed by atoms with Gasteiger partial charge < -0.3 is 9.80 Å². The van der Waals surface area contributed by atoms with Gasteiger partial charge in [-0.3, -0.25) is 4.79 Å². The van der Waals surface area contributed by atoms with Gasteiger partial charge in [0.1, 0.15) is 0 Å². The first-order valence-electron chi connectivity index (χ1n) is 10.3. The fourth-order valence-electron chi connectivity index (χ4n) is 3.65. The molecule has 31 heavy (non-hydrogen) atoms. The molecule has 0 spiro atoms. The van der Waals surface area contributed by atoms with Crippen molar-refractivity contribution in [3.8, 4) is 0 Å². The molecule has 1 aromatic heterocycles. The number of rotatable bonds is 3. The first kappa shape index (κ1) is 21.8. The monoisotopic (exact) mass is 457 g/mol. The lowest BCUT2D eigenvalue weighted by atomic mass is 9.86. The number of thiazole rings is 1. The van der Waals surface area contributed by atoms with Gasteiger partial charge in [-0.05, 0) is 41.3 Å². The van der Waals surface area contributed by atoms with Crippen molar-refractivity contribution in [2.45, 2.75) is 31.1 Å². The standard InChI is InChI=1S/C23H27N3O3S2/c1-23(2,3)17-7-5-16(6-8-17)21(27)25-11-13-26(14-12-25)22-24-19-10-9-18(31(4,28)29)15-20(19)30-22/h5-10,15H,11-14H2,1-4H3. The van der Waals surface area contributed by atoms with E-state index in [4.69, 9.17) is 0 Å². The lowest BCUT2D eigenvalue weighted by molar-refractivity contribution is 0.0746. The molecule has 2 aromatic carbocycles. The molecule has 4 rings (SSSR count). The number of hydrogen-bond acceptors (Lipinski definition) is 6. The van der Waals surface area contributed by atoms with Gasteiger partial charge in [0.15, 0.2) is 15.0 Å². The topological polar surface area (TPSA) is 70.6 Å². The molecule has 164 valence electrons. The summed E-state index contributed by atoms with van der Waals surface area (Å²) in [6.45, 7) is 9.14.